The molecule has 0 unspecified atom stereocenters. The fourth-order valence-electron chi connectivity index (χ4n) is 1.49. The molecule has 2 N–H and O–H groups in total. The standard InChI is InChI=1S/C9H17N3O2/c1-2-6-12(14)9(13)11-7-4-3-5-8(11)10/h10,14H,2-7H2,1H3. The smallest absolute Gasteiger partial charge is 0.288 e. The molecule has 1 aliphatic rings. The van der Waals surface area contributed by atoms with Gasteiger partial charge in [-0.2, -0.15) is 0 Å². The van der Waals surface area contributed by atoms with Crippen molar-refractivity contribution in [1.82, 2.24) is 9.96 Å². The largest absolute Gasteiger partial charge is 0.349 e. The average Bonchev–Trinajstić information content (AvgIpc) is 2.18. The molecule has 2 amide bonds. The van der Waals surface area contributed by atoms with E-state index in [4.69, 9.17) is 5.41 Å². The first kappa shape index (κ1) is 11.0. The van der Waals surface area contributed by atoms with Gasteiger partial charge in [-0.1, -0.05) is 6.92 Å². The van der Waals surface area contributed by atoms with Gasteiger partial charge in [-0.15, -0.1) is 0 Å². The highest BCUT2D eigenvalue weighted by Gasteiger charge is 2.24. The average molecular weight is 199 g/mol. The van der Waals surface area contributed by atoms with E-state index in [1.165, 1.54) is 4.90 Å². The molecular weight excluding hydrogens is 182 g/mol. The molecule has 1 aliphatic heterocycles. The van der Waals surface area contributed by atoms with Crippen LogP contribution in [0.1, 0.15) is 32.6 Å². The number of nitrogens with one attached hydrogen (secondary N) is 1. The molecule has 5 nitrogen and oxygen atoms in total. The summed E-state index contributed by atoms with van der Waals surface area (Å²) in [6, 6.07) is -0.462. The summed E-state index contributed by atoms with van der Waals surface area (Å²) in [6.07, 6.45) is 3.21. The minimum Gasteiger partial charge on any atom is -0.288 e. The first-order valence-corrected chi connectivity index (χ1v) is 5.02. The monoisotopic (exact) mass is 199 g/mol. The van der Waals surface area contributed by atoms with Crippen LogP contribution in [0, 0.1) is 5.41 Å². The second-order valence-electron chi connectivity index (χ2n) is 3.46. The van der Waals surface area contributed by atoms with Gasteiger partial charge in [0, 0.05) is 19.5 Å². The molecular formula is C9H17N3O2. The van der Waals surface area contributed by atoms with E-state index in [1.54, 1.807) is 0 Å². The highest BCUT2D eigenvalue weighted by molar-refractivity contribution is 5.95. The van der Waals surface area contributed by atoms with Crippen LogP contribution in [0.3, 0.4) is 0 Å². The van der Waals surface area contributed by atoms with Crippen LogP contribution >= 0.6 is 0 Å². The molecule has 1 heterocycles. The van der Waals surface area contributed by atoms with Crippen LogP contribution in [-0.4, -0.2) is 40.1 Å². The van der Waals surface area contributed by atoms with Crippen molar-refractivity contribution < 1.29 is 10.0 Å². The maximum Gasteiger partial charge on any atom is 0.349 e. The molecule has 1 saturated heterocycles. The summed E-state index contributed by atoms with van der Waals surface area (Å²) < 4.78 is 0. The van der Waals surface area contributed by atoms with Gasteiger partial charge in [0.25, 0.3) is 0 Å². The van der Waals surface area contributed by atoms with Gasteiger partial charge in [-0.3, -0.25) is 15.5 Å². The number of carbonyl (C=O) groups excluding carboxylic acids is 1. The highest BCUT2D eigenvalue weighted by atomic mass is 16.5. The van der Waals surface area contributed by atoms with Crippen molar-refractivity contribution >= 4 is 11.9 Å². The van der Waals surface area contributed by atoms with Crippen molar-refractivity contribution in [3.8, 4) is 0 Å². The molecule has 5 heteroatoms. The summed E-state index contributed by atoms with van der Waals surface area (Å²) in [5.41, 5.74) is 0. The minimum absolute atomic E-state index is 0.316. The van der Waals surface area contributed by atoms with Crippen molar-refractivity contribution in [3.05, 3.63) is 0 Å². The predicted octanol–water partition coefficient (Wildman–Crippen LogP) is 1.67. The molecule has 0 aliphatic carbocycles. The maximum absolute atomic E-state index is 11.6. The third kappa shape index (κ3) is 2.45. The van der Waals surface area contributed by atoms with E-state index < -0.39 is 6.03 Å². The van der Waals surface area contributed by atoms with Crippen molar-refractivity contribution in [2.24, 2.45) is 0 Å². The lowest BCUT2D eigenvalue weighted by Crippen LogP contribution is -2.47. The number of hydroxylamine groups is 2. The summed E-state index contributed by atoms with van der Waals surface area (Å²) in [5.74, 6) is 0.316. The van der Waals surface area contributed by atoms with E-state index in [0.717, 1.165) is 12.8 Å². The zero-order valence-corrected chi connectivity index (χ0v) is 8.49. The van der Waals surface area contributed by atoms with Gasteiger partial charge in [-0.05, 0) is 19.3 Å². The summed E-state index contributed by atoms with van der Waals surface area (Å²) in [4.78, 5) is 12.9. The lowest BCUT2D eigenvalue weighted by Gasteiger charge is -2.29. The van der Waals surface area contributed by atoms with E-state index in [-0.39, 0.29) is 0 Å². The van der Waals surface area contributed by atoms with E-state index in [2.05, 4.69) is 0 Å². The van der Waals surface area contributed by atoms with E-state index in [1.807, 2.05) is 6.92 Å². The number of amides is 2. The highest BCUT2D eigenvalue weighted by Crippen LogP contribution is 2.12. The van der Waals surface area contributed by atoms with Crippen LogP contribution in [0.25, 0.3) is 0 Å². The fourth-order valence-corrected chi connectivity index (χ4v) is 1.49. The Labute approximate surface area is 83.8 Å². The van der Waals surface area contributed by atoms with Crippen LogP contribution < -0.4 is 0 Å². The molecule has 1 rings (SSSR count). The Hall–Kier alpha value is -1.10. The Morgan fingerprint density at radius 2 is 2.36 bits per heavy atom. The number of nitrogens with zero attached hydrogens (tertiary/aromatic N) is 2. The number of likely N-dealkylation sites (tertiary alicyclic amines) is 1. The van der Waals surface area contributed by atoms with Crippen LogP contribution in [0.5, 0.6) is 0 Å². The Morgan fingerprint density at radius 1 is 1.64 bits per heavy atom. The van der Waals surface area contributed by atoms with Gasteiger partial charge >= 0.3 is 6.03 Å². The summed E-state index contributed by atoms with van der Waals surface area (Å²) in [5, 5.41) is 17.6. The number of piperidine rings is 1. The number of hydrogen-bond acceptors (Lipinski definition) is 3. The molecule has 0 aromatic heterocycles. The SMILES string of the molecule is CCCN(O)C(=O)N1CCCCC1=N. The van der Waals surface area contributed by atoms with Gasteiger partial charge < -0.3 is 0 Å². The van der Waals surface area contributed by atoms with Gasteiger partial charge in [0.2, 0.25) is 0 Å². The van der Waals surface area contributed by atoms with Crippen molar-refractivity contribution in [1.29, 1.82) is 5.41 Å². The van der Waals surface area contributed by atoms with E-state index in [0.29, 0.717) is 36.8 Å². The van der Waals surface area contributed by atoms with Crippen LogP contribution in [0.4, 0.5) is 4.79 Å². The summed E-state index contributed by atoms with van der Waals surface area (Å²) >= 11 is 0. The molecule has 14 heavy (non-hydrogen) atoms. The quantitative estimate of drug-likeness (QED) is 0.524. The zero-order valence-electron chi connectivity index (χ0n) is 8.49. The fraction of sp³-hybridized carbons (Fsp3) is 0.778. The Morgan fingerprint density at radius 3 is 2.93 bits per heavy atom. The molecule has 0 radical (unpaired) electrons. The second kappa shape index (κ2) is 4.95. The van der Waals surface area contributed by atoms with Crippen LogP contribution in [-0.2, 0) is 0 Å². The van der Waals surface area contributed by atoms with Crippen LogP contribution in [0.15, 0.2) is 0 Å². The predicted molar refractivity (Wildman–Crippen MR) is 52.5 cm³/mol. The molecule has 0 bridgehead atoms. The van der Waals surface area contributed by atoms with Crippen molar-refractivity contribution in [2.75, 3.05) is 13.1 Å². The number of rotatable bonds is 2. The Balaban J connectivity index is 2.53. The third-order valence-electron chi connectivity index (χ3n) is 2.26. The summed E-state index contributed by atoms with van der Waals surface area (Å²) in [6.45, 7) is 2.76. The first-order chi connectivity index (χ1) is 6.66. The molecule has 0 aromatic rings. The Kier molecular flexibility index (Phi) is 3.88. The molecule has 80 valence electrons. The van der Waals surface area contributed by atoms with Gasteiger partial charge in [0.05, 0.1) is 0 Å². The van der Waals surface area contributed by atoms with Crippen molar-refractivity contribution in [3.63, 3.8) is 0 Å². The molecule has 1 fully saturated rings. The number of carbonyl (C=O) groups is 1. The zero-order chi connectivity index (χ0) is 10.6. The molecule has 0 aromatic carbocycles. The topological polar surface area (TPSA) is 67.6 Å². The molecule has 0 saturated carbocycles. The van der Waals surface area contributed by atoms with Crippen LogP contribution in [0.2, 0.25) is 0 Å². The lowest BCUT2D eigenvalue weighted by atomic mass is 10.1. The normalized spacial score (nSPS) is 17.0. The first-order valence-electron chi connectivity index (χ1n) is 5.02. The molecule has 0 atom stereocenters. The number of amidine groups is 1. The minimum atomic E-state index is -0.462. The number of urea groups is 1. The second-order valence-corrected chi connectivity index (χ2v) is 3.46. The van der Waals surface area contributed by atoms with E-state index >= 15 is 0 Å². The molecule has 0 spiro atoms. The number of hydrogen-bond donors (Lipinski definition) is 2. The van der Waals surface area contributed by atoms with E-state index in [9.17, 15) is 10.0 Å². The van der Waals surface area contributed by atoms with Gasteiger partial charge in [0.15, 0.2) is 0 Å². The lowest BCUT2D eigenvalue weighted by molar-refractivity contribution is -0.0516. The van der Waals surface area contributed by atoms with Gasteiger partial charge in [0.1, 0.15) is 5.84 Å². The maximum atomic E-state index is 11.6. The third-order valence-corrected chi connectivity index (χ3v) is 2.26. The van der Waals surface area contributed by atoms with Gasteiger partial charge in [-0.25, -0.2) is 9.86 Å². The Bertz CT molecular complexity index is 230. The summed E-state index contributed by atoms with van der Waals surface area (Å²) in [7, 11) is 0. The van der Waals surface area contributed by atoms with Crippen molar-refractivity contribution in [2.45, 2.75) is 32.6 Å².